The van der Waals surface area contributed by atoms with E-state index in [1.165, 1.54) is 0 Å². The average molecular weight is 427 g/mol. The van der Waals surface area contributed by atoms with Gasteiger partial charge in [0.05, 0.1) is 21.6 Å². The Morgan fingerprint density at radius 2 is 2.03 bits per heavy atom. The first-order chi connectivity index (χ1) is 14.0. The van der Waals surface area contributed by atoms with Crippen molar-refractivity contribution in [1.82, 2.24) is 20.2 Å². The van der Waals surface area contributed by atoms with Gasteiger partial charge in [-0.2, -0.15) is 5.10 Å². The third kappa shape index (κ3) is 3.89. The van der Waals surface area contributed by atoms with Gasteiger partial charge in [-0.05, 0) is 36.8 Å². The maximum absolute atomic E-state index is 11.6. The van der Waals surface area contributed by atoms with Gasteiger partial charge in [0.15, 0.2) is 0 Å². The molecule has 0 aliphatic rings. The standard InChI is InChI=1S/C21H19ClN4O2S/c1-12-4-3-5-18-20(12)23-21(29-18)26-17(14-6-8-15(22)9-7-14)11-16(24-26)13(2)10-19(27)25-28/h3-9,11,13,28H,10H2,1-2H3,(H,25,27). The van der Waals surface area contributed by atoms with Crippen LogP contribution in [0.3, 0.4) is 0 Å². The molecule has 148 valence electrons. The lowest BCUT2D eigenvalue weighted by atomic mass is 10.0. The van der Waals surface area contributed by atoms with Gasteiger partial charge in [-0.15, -0.1) is 0 Å². The summed E-state index contributed by atoms with van der Waals surface area (Å²) in [5.74, 6) is -0.624. The molecule has 2 N–H and O–H groups in total. The van der Waals surface area contributed by atoms with E-state index in [9.17, 15) is 4.79 Å². The Hall–Kier alpha value is -2.74. The number of rotatable bonds is 5. The number of thiazole rings is 1. The van der Waals surface area contributed by atoms with Crippen molar-refractivity contribution in [2.24, 2.45) is 0 Å². The maximum Gasteiger partial charge on any atom is 0.243 e. The van der Waals surface area contributed by atoms with Gasteiger partial charge in [-0.25, -0.2) is 15.1 Å². The molecule has 0 saturated carbocycles. The summed E-state index contributed by atoms with van der Waals surface area (Å²) < 4.78 is 2.91. The number of fused-ring (bicyclic) bond motifs is 1. The second kappa shape index (κ2) is 7.94. The molecule has 0 aliphatic heterocycles. The Kier molecular flexibility index (Phi) is 5.36. The highest BCUT2D eigenvalue weighted by Gasteiger charge is 2.20. The van der Waals surface area contributed by atoms with Gasteiger partial charge in [-0.1, -0.05) is 54.1 Å². The predicted octanol–water partition coefficient (Wildman–Crippen LogP) is 5.11. The molecule has 6 nitrogen and oxygen atoms in total. The first kappa shape index (κ1) is 19.6. The van der Waals surface area contributed by atoms with Crippen molar-refractivity contribution < 1.29 is 10.0 Å². The topological polar surface area (TPSA) is 80.0 Å². The molecule has 1 amide bonds. The summed E-state index contributed by atoms with van der Waals surface area (Å²) in [5.41, 5.74) is 6.31. The summed E-state index contributed by atoms with van der Waals surface area (Å²) in [6.45, 7) is 3.94. The molecule has 0 saturated heterocycles. The molecule has 2 heterocycles. The van der Waals surface area contributed by atoms with Crippen LogP contribution in [-0.2, 0) is 4.79 Å². The largest absolute Gasteiger partial charge is 0.289 e. The lowest BCUT2D eigenvalue weighted by Gasteiger charge is -2.06. The molecule has 4 aromatic rings. The monoisotopic (exact) mass is 426 g/mol. The third-order valence-corrected chi connectivity index (χ3v) is 6.03. The van der Waals surface area contributed by atoms with Crippen LogP contribution in [0.2, 0.25) is 5.02 Å². The Balaban J connectivity index is 1.84. The van der Waals surface area contributed by atoms with Crippen LogP contribution in [0.25, 0.3) is 26.6 Å². The normalized spacial score (nSPS) is 12.3. The number of carbonyl (C=O) groups is 1. The van der Waals surface area contributed by atoms with Crippen LogP contribution in [-0.4, -0.2) is 25.9 Å². The molecule has 2 aromatic heterocycles. The van der Waals surface area contributed by atoms with E-state index >= 15 is 0 Å². The van der Waals surface area contributed by atoms with Crippen molar-refractivity contribution in [2.45, 2.75) is 26.2 Å². The highest BCUT2D eigenvalue weighted by atomic mass is 35.5. The summed E-state index contributed by atoms with van der Waals surface area (Å²) in [4.78, 5) is 16.4. The van der Waals surface area contributed by atoms with Crippen LogP contribution < -0.4 is 5.48 Å². The number of hydrogen-bond acceptors (Lipinski definition) is 5. The Morgan fingerprint density at radius 3 is 2.72 bits per heavy atom. The second-order valence-corrected chi connectivity index (χ2v) is 8.38. The van der Waals surface area contributed by atoms with Gasteiger partial charge in [0.1, 0.15) is 0 Å². The van der Waals surface area contributed by atoms with E-state index in [0.29, 0.717) is 5.02 Å². The molecule has 1 unspecified atom stereocenters. The van der Waals surface area contributed by atoms with E-state index < -0.39 is 5.91 Å². The number of para-hydroxylation sites is 1. The fourth-order valence-corrected chi connectivity index (χ4v) is 4.34. The summed E-state index contributed by atoms with van der Waals surface area (Å²) >= 11 is 7.62. The van der Waals surface area contributed by atoms with Gasteiger partial charge in [0.25, 0.3) is 0 Å². The zero-order valence-electron chi connectivity index (χ0n) is 15.9. The molecule has 4 rings (SSSR count). The Morgan fingerprint density at radius 1 is 1.28 bits per heavy atom. The molecule has 0 aliphatic carbocycles. The van der Waals surface area contributed by atoms with Crippen LogP contribution in [0.1, 0.15) is 30.5 Å². The first-order valence-corrected chi connectivity index (χ1v) is 10.3. The molecule has 0 spiro atoms. The van der Waals surface area contributed by atoms with Crippen molar-refractivity contribution in [3.8, 4) is 16.4 Å². The Bertz CT molecular complexity index is 1180. The van der Waals surface area contributed by atoms with E-state index in [2.05, 4.69) is 0 Å². The quantitative estimate of drug-likeness (QED) is 0.343. The van der Waals surface area contributed by atoms with Gasteiger partial charge < -0.3 is 0 Å². The summed E-state index contributed by atoms with van der Waals surface area (Å²) in [7, 11) is 0. The van der Waals surface area contributed by atoms with Gasteiger partial charge in [-0.3, -0.25) is 10.0 Å². The maximum atomic E-state index is 11.6. The minimum absolute atomic E-state index is 0.131. The molecule has 2 aromatic carbocycles. The van der Waals surface area contributed by atoms with Gasteiger partial charge >= 0.3 is 0 Å². The third-order valence-electron chi connectivity index (χ3n) is 4.78. The van der Waals surface area contributed by atoms with E-state index in [1.54, 1.807) is 16.8 Å². The minimum Gasteiger partial charge on any atom is -0.289 e. The predicted molar refractivity (Wildman–Crippen MR) is 115 cm³/mol. The van der Waals surface area contributed by atoms with Crippen LogP contribution in [0.5, 0.6) is 0 Å². The number of hydrogen-bond donors (Lipinski definition) is 2. The van der Waals surface area contributed by atoms with Crippen molar-refractivity contribution in [3.05, 3.63) is 64.8 Å². The van der Waals surface area contributed by atoms with E-state index in [4.69, 9.17) is 26.9 Å². The number of benzene rings is 2. The number of hydroxylamine groups is 1. The molecular formula is C21H19ClN4O2S. The first-order valence-electron chi connectivity index (χ1n) is 9.11. The molecule has 8 heteroatoms. The molecule has 0 bridgehead atoms. The van der Waals surface area contributed by atoms with Crippen molar-refractivity contribution in [1.29, 1.82) is 0 Å². The number of nitrogens with one attached hydrogen (secondary N) is 1. The number of amides is 1. The summed E-state index contributed by atoms with van der Waals surface area (Å²) in [6, 6.07) is 15.6. The average Bonchev–Trinajstić information content (AvgIpc) is 3.33. The molecule has 0 radical (unpaired) electrons. The zero-order valence-corrected chi connectivity index (χ0v) is 17.5. The lowest BCUT2D eigenvalue weighted by Crippen LogP contribution is -2.20. The summed E-state index contributed by atoms with van der Waals surface area (Å²) in [5, 5.41) is 15.0. The number of halogens is 1. The summed E-state index contributed by atoms with van der Waals surface area (Å²) in [6.07, 6.45) is 0.131. The van der Waals surface area contributed by atoms with Crippen LogP contribution in [0.15, 0.2) is 48.5 Å². The molecule has 0 fully saturated rings. The van der Waals surface area contributed by atoms with E-state index in [0.717, 1.165) is 37.9 Å². The SMILES string of the molecule is Cc1cccc2sc(-n3nc(C(C)CC(=O)NO)cc3-c3ccc(Cl)cc3)nc12. The van der Waals surface area contributed by atoms with Gasteiger partial charge in [0, 0.05) is 22.9 Å². The van der Waals surface area contributed by atoms with Gasteiger partial charge in [0.2, 0.25) is 11.0 Å². The Labute approximate surface area is 176 Å². The van der Waals surface area contributed by atoms with E-state index in [1.807, 2.05) is 67.1 Å². The molecule has 29 heavy (non-hydrogen) atoms. The smallest absolute Gasteiger partial charge is 0.243 e. The zero-order chi connectivity index (χ0) is 20.5. The van der Waals surface area contributed by atoms with Crippen LogP contribution in [0, 0.1) is 6.92 Å². The lowest BCUT2D eigenvalue weighted by molar-refractivity contribution is -0.129. The number of aromatic nitrogens is 3. The highest BCUT2D eigenvalue weighted by Crippen LogP contribution is 2.33. The fourth-order valence-electron chi connectivity index (χ4n) is 3.21. The second-order valence-electron chi connectivity index (χ2n) is 6.93. The van der Waals surface area contributed by atoms with Crippen molar-refractivity contribution in [2.75, 3.05) is 0 Å². The van der Waals surface area contributed by atoms with Crippen LogP contribution >= 0.6 is 22.9 Å². The van der Waals surface area contributed by atoms with Crippen molar-refractivity contribution in [3.63, 3.8) is 0 Å². The minimum atomic E-state index is -0.448. The van der Waals surface area contributed by atoms with Crippen LogP contribution in [0.4, 0.5) is 0 Å². The van der Waals surface area contributed by atoms with E-state index in [-0.39, 0.29) is 12.3 Å². The number of nitrogens with zero attached hydrogens (tertiary/aromatic N) is 3. The number of aryl methyl sites for hydroxylation is 1. The number of carbonyl (C=O) groups excluding carboxylic acids is 1. The highest BCUT2D eigenvalue weighted by molar-refractivity contribution is 7.20. The van der Waals surface area contributed by atoms with Crippen molar-refractivity contribution >= 4 is 39.1 Å². The fraction of sp³-hybridized carbons (Fsp3) is 0.190. The molecule has 1 atom stereocenters. The molecular weight excluding hydrogens is 408 g/mol.